The summed E-state index contributed by atoms with van der Waals surface area (Å²) in [4.78, 5) is 13.0. The molecule has 2 aliphatic rings. The minimum absolute atomic E-state index is 0.0807. The summed E-state index contributed by atoms with van der Waals surface area (Å²) in [5.74, 6) is 0.699. The van der Waals surface area contributed by atoms with Crippen LogP contribution in [-0.4, -0.2) is 33.3 Å². The van der Waals surface area contributed by atoms with Crippen molar-refractivity contribution in [2.24, 2.45) is 11.3 Å². The van der Waals surface area contributed by atoms with Crippen molar-refractivity contribution < 1.29 is 9.22 Å². The standard InChI is InChI=1S/C20H31NO2Si/c1-19(2,3)24(4,5)23-17-11-18(22)20(14-21-13-16(17)20)12-15-9-7-6-8-10-15/h6-10,16-17,21H,11-14H2,1-5H3. The van der Waals surface area contributed by atoms with Crippen molar-refractivity contribution in [1.82, 2.24) is 5.32 Å². The molecule has 0 bridgehead atoms. The van der Waals surface area contributed by atoms with Crippen LogP contribution in [0.2, 0.25) is 18.1 Å². The fourth-order valence-electron chi connectivity index (χ4n) is 4.03. The van der Waals surface area contributed by atoms with Crippen LogP contribution >= 0.6 is 0 Å². The quantitative estimate of drug-likeness (QED) is 0.844. The monoisotopic (exact) mass is 345 g/mol. The molecule has 0 amide bonds. The summed E-state index contributed by atoms with van der Waals surface area (Å²) in [6, 6.07) is 10.4. The maximum Gasteiger partial charge on any atom is 0.192 e. The second-order valence-electron chi connectivity index (χ2n) is 9.10. The van der Waals surface area contributed by atoms with E-state index in [2.05, 4.69) is 63.4 Å². The van der Waals surface area contributed by atoms with E-state index in [0.717, 1.165) is 19.5 Å². The highest BCUT2D eigenvalue weighted by Crippen LogP contribution is 2.49. The van der Waals surface area contributed by atoms with E-state index in [9.17, 15) is 4.79 Å². The molecule has 1 aliphatic carbocycles. The number of nitrogens with one attached hydrogen (secondary N) is 1. The number of benzene rings is 1. The van der Waals surface area contributed by atoms with Crippen LogP contribution in [0.4, 0.5) is 0 Å². The average Bonchev–Trinajstić information content (AvgIpc) is 2.99. The maximum atomic E-state index is 13.0. The van der Waals surface area contributed by atoms with Gasteiger partial charge in [0.15, 0.2) is 8.32 Å². The molecular formula is C20H31NO2Si. The lowest BCUT2D eigenvalue weighted by Gasteiger charge is -2.40. The number of carbonyl (C=O) groups is 1. The molecule has 1 heterocycles. The molecule has 0 aromatic heterocycles. The summed E-state index contributed by atoms with van der Waals surface area (Å²) in [6.45, 7) is 13.1. The van der Waals surface area contributed by atoms with Crippen LogP contribution in [0.1, 0.15) is 32.8 Å². The largest absolute Gasteiger partial charge is 0.413 e. The second kappa shape index (κ2) is 6.08. The lowest BCUT2D eigenvalue weighted by Crippen LogP contribution is -2.46. The smallest absolute Gasteiger partial charge is 0.192 e. The van der Waals surface area contributed by atoms with E-state index < -0.39 is 8.32 Å². The van der Waals surface area contributed by atoms with E-state index in [1.54, 1.807) is 0 Å². The van der Waals surface area contributed by atoms with Crippen LogP contribution in [0.5, 0.6) is 0 Å². The van der Waals surface area contributed by atoms with Crippen LogP contribution in [0.25, 0.3) is 0 Å². The van der Waals surface area contributed by atoms with Crippen LogP contribution in [0, 0.1) is 11.3 Å². The van der Waals surface area contributed by atoms with Gasteiger partial charge < -0.3 is 9.74 Å². The first-order valence-electron chi connectivity index (χ1n) is 9.11. The van der Waals surface area contributed by atoms with Gasteiger partial charge in [0.25, 0.3) is 0 Å². The predicted molar refractivity (Wildman–Crippen MR) is 101 cm³/mol. The third-order valence-corrected chi connectivity index (χ3v) is 11.0. The van der Waals surface area contributed by atoms with Gasteiger partial charge >= 0.3 is 0 Å². The van der Waals surface area contributed by atoms with Crippen molar-refractivity contribution in [1.29, 1.82) is 0 Å². The number of hydrogen-bond donors (Lipinski definition) is 1. The Bertz CT molecular complexity index is 608. The number of rotatable bonds is 4. The van der Waals surface area contributed by atoms with Gasteiger partial charge in [0.2, 0.25) is 0 Å². The number of Topliss-reactive ketones (excluding diaryl/α,β-unsaturated/α-hetero) is 1. The summed E-state index contributed by atoms with van der Waals surface area (Å²) in [5, 5.41) is 3.66. The van der Waals surface area contributed by atoms with Gasteiger partial charge in [0.05, 0.1) is 11.5 Å². The molecule has 2 fully saturated rings. The maximum absolute atomic E-state index is 13.0. The van der Waals surface area contributed by atoms with Crippen molar-refractivity contribution in [2.45, 2.75) is 57.8 Å². The van der Waals surface area contributed by atoms with E-state index in [0.29, 0.717) is 18.1 Å². The van der Waals surface area contributed by atoms with Gasteiger partial charge in [-0.05, 0) is 30.1 Å². The first kappa shape index (κ1) is 17.8. The first-order valence-corrected chi connectivity index (χ1v) is 12.0. The van der Waals surface area contributed by atoms with E-state index in [-0.39, 0.29) is 16.6 Å². The zero-order chi connectivity index (χ0) is 17.6. The minimum atomic E-state index is -1.86. The molecular weight excluding hydrogens is 314 g/mol. The molecule has 1 N–H and O–H groups in total. The van der Waals surface area contributed by atoms with Crippen LogP contribution in [0.15, 0.2) is 30.3 Å². The summed E-state index contributed by atoms with van der Waals surface area (Å²) in [6.07, 6.45) is 1.50. The normalized spacial score (nSPS) is 30.6. The summed E-state index contributed by atoms with van der Waals surface area (Å²) in [7, 11) is -1.86. The number of hydrogen-bond acceptors (Lipinski definition) is 3. The van der Waals surface area contributed by atoms with Crippen molar-refractivity contribution >= 4 is 14.1 Å². The molecule has 1 aliphatic heterocycles. The Balaban J connectivity index is 1.83. The van der Waals surface area contributed by atoms with E-state index >= 15 is 0 Å². The molecule has 1 saturated carbocycles. The van der Waals surface area contributed by atoms with Crippen LogP contribution in [0.3, 0.4) is 0 Å². The van der Waals surface area contributed by atoms with Gasteiger partial charge in [-0.3, -0.25) is 4.79 Å². The number of fused-ring (bicyclic) bond motifs is 1. The number of ketones is 1. The Kier molecular flexibility index (Phi) is 4.52. The minimum Gasteiger partial charge on any atom is -0.413 e. The fraction of sp³-hybridized carbons (Fsp3) is 0.650. The van der Waals surface area contributed by atoms with Crippen LogP contribution in [-0.2, 0) is 15.6 Å². The van der Waals surface area contributed by atoms with Gasteiger partial charge in [0, 0.05) is 25.4 Å². The molecule has 24 heavy (non-hydrogen) atoms. The van der Waals surface area contributed by atoms with Gasteiger partial charge in [-0.1, -0.05) is 51.1 Å². The molecule has 1 aromatic carbocycles. The topological polar surface area (TPSA) is 38.3 Å². The van der Waals surface area contributed by atoms with Crippen LogP contribution < -0.4 is 5.32 Å². The molecule has 3 atom stereocenters. The van der Waals surface area contributed by atoms with Gasteiger partial charge in [-0.25, -0.2) is 0 Å². The zero-order valence-electron chi connectivity index (χ0n) is 15.7. The Hall–Kier alpha value is -0.973. The molecule has 1 aromatic rings. The molecule has 1 saturated heterocycles. The van der Waals surface area contributed by atoms with Gasteiger partial charge in [-0.2, -0.15) is 0 Å². The SMILES string of the molecule is CC(C)(C)[Si](C)(C)OC1CC(=O)C2(Cc3ccccc3)CNCC12. The highest BCUT2D eigenvalue weighted by molar-refractivity contribution is 6.74. The van der Waals surface area contributed by atoms with E-state index in [1.165, 1.54) is 5.56 Å². The Labute approximate surface area is 147 Å². The Morgan fingerprint density at radius 3 is 2.54 bits per heavy atom. The molecule has 0 spiro atoms. The average molecular weight is 346 g/mol. The zero-order valence-corrected chi connectivity index (χ0v) is 16.7. The molecule has 3 unspecified atom stereocenters. The highest BCUT2D eigenvalue weighted by atomic mass is 28.4. The second-order valence-corrected chi connectivity index (χ2v) is 13.9. The molecule has 3 nitrogen and oxygen atoms in total. The lowest BCUT2D eigenvalue weighted by atomic mass is 9.74. The molecule has 3 rings (SSSR count). The van der Waals surface area contributed by atoms with Crippen molar-refractivity contribution in [3.8, 4) is 0 Å². The molecule has 4 heteroatoms. The number of carbonyl (C=O) groups excluding carboxylic acids is 1. The lowest BCUT2D eigenvalue weighted by molar-refractivity contribution is -0.125. The van der Waals surface area contributed by atoms with Crippen molar-refractivity contribution in [3.05, 3.63) is 35.9 Å². The summed E-state index contributed by atoms with van der Waals surface area (Å²) >= 11 is 0. The molecule has 132 valence electrons. The first-order chi connectivity index (χ1) is 11.2. The fourth-order valence-corrected chi connectivity index (χ4v) is 5.39. The summed E-state index contributed by atoms with van der Waals surface area (Å²) < 4.78 is 6.69. The third kappa shape index (κ3) is 3.00. The third-order valence-electron chi connectivity index (χ3n) is 6.52. The summed E-state index contributed by atoms with van der Waals surface area (Å²) in [5.41, 5.74) is 0.988. The van der Waals surface area contributed by atoms with Gasteiger partial charge in [-0.15, -0.1) is 0 Å². The van der Waals surface area contributed by atoms with E-state index in [4.69, 9.17) is 4.43 Å². The molecule has 0 radical (unpaired) electrons. The Morgan fingerprint density at radius 2 is 1.92 bits per heavy atom. The van der Waals surface area contributed by atoms with E-state index in [1.807, 2.05) is 6.07 Å². The highest BCUT2D eigenvalue weighted by Gasteiger charge is 2.58. The van der Waals surface area contributed by atoms with Crippen molar-refractivity contribution in [3.63, 3.8) is 0 Å². The van der Waals surface area contributed by atoms with Crippen molar-refractivity contribution in [2.75, 3.05) is 13.1 Å². The Morgan fingerprint density at radius 1 is 1.25 bits per heavy atom. The predicted octanol–water partition coefficient (Wildman–Crippen LogP) is 3.80. The van der Waals surface area contributed by atoms with Gasteiger partial charge in [0.1, 0.15) is 5.78 Å².